The summed E-state index contributed by atoms with van der Waals surface area (Å²) in [6.45, 7) is 7.09. The molecule has 2 rings (SSSR count). The lowest BCUT2D eigenvalue weighted by Gasteiger charge is -2.33. The molecule has 0 saturated heterocycles. The van der Waals surface area contributed by atoms with Crippen molar-refractivity contribution in [1.29, 1.82) is 0 Å². The normalized spacial score (nSPS) is 26.5. The third-order valence-electron chi connectivity index (χ3n) is 4.34. The molecule has 0 aromatic carbocycles. The van der Waals surface area contributed by atoms with Gasteiger partial charge in [0.1, 0.15) is 17.1 Å². The minimum Gasteiger partial charge on any atom is -0.465 e. The van der Waals surface area contributed by atoms with Gasteiger partial charge in [0.25, 0.3) is 0 Å². The van der Waals surface area contributed by atoms with Crippen molar-refractivity contribution in [2.24, 2.45) is 11.8 Å². The Balaban J connectivity index is 1.93. The van der Waals surface area contributed by atoms with E-state index in [2.05, 4.69) is 19.2 Å². The van der Waals surface area contributed by atoms with Gasteiger partial charge in [-0.15, -0.1) is 0 Å². The third kappa shape index (κ3) is 3.42. The minimum atomic E-state index is -0.336. The summed E-state index contributed by atoms with van der Waals surface area (Å²) in [7, 11) is 1.39. The SMILES string of the molecule is COC(=O)c1cc(CNC2CCC(C)CC2C)oc1C. The molecule has 0 amide bonds. The standard InChI is InChI=1S/C16H25NO3/c1-10-5-6-15(11(2)7-10)17-9-13-8-14(12(3)20-13)16(18)19-4/h8,10-11,15,17H,5-7,9H2,1-4H3. The van der Waals surface area contributed by atoms with Crippen molar-refractivity contribution in [2.45, 2.75) is 52.6 Å². The summed E-state index contributed by atoms with van der Waals surface area (Å²) < 4.78 is 10.4. The van der Waals surface area contributed by atoms with Crippen LogP contribution in [0.15, 0.2) is 10.5 Å². The maximum absolute atomic E-state index is 11.5. The van der Waals surface area contributed by atoms with Crippen molar-refractivity contribution in [3.05, 3.63) is 23.2 Å². The van der Waals surface area contributed by atoms with Crippen LogP contribution in [0.3, 0.4) is 0 Å². The number of methoxy groups -OCH3 is 1. The van der Waals surface area contributed by atoms with Crippen LogP contribution < -0.4 is 5.32 Å². The Morgan fingerprint density at radius 2 is 2.20 bits per heavy atom. The highest BCUT2D eigenvalue weighted by molar-refractivity contribution is 5.90. The van der Waals surface area contributed by atoms with Crippen LogP contribution >= 0.6 is 0 Å². The second-order valence-electron chi connectivity index (χ2n) is 6.06. The fraction of sp³-hybridized carbons (Fsp3) is 0.688. The molecule has 1 aliphatic carbocycles. The van der Waals surface area contributed by atoms with Crippen molar-refractivity contribution in [2.75, 3.05) is 7.11 Å². The molecule has 0 aliphatic heterocycles. The smallest absolute Gasteiger partial charge is 0.341 e. The first-order chi connectivity index (χ1) is 9.51. The Bertz CT molecular complexity index is 466. The molecule has 4 heteroatoms. The van der Waals surface area contributed by atoms with E-state index in [1.807, 2.05) is 0 Å². The van der Waals surface area contributed by atoms with Gasteiger partial charge in [-0.25, -0.2) is 4.79 Å². The Morgan fingerprint density at radius 1 is 1.45 bits per heavy atom. The summed E-state index contributed by atoms with van der Waals surface area (Å²) in [4.78, 5) is 11.5. The van der Waals surface area contributed by atoms with Crippen LogP contribution in [0, 0.1) is 18.8 Å². The summed E-state index contributed by atoms with van der Waals surface area (Å²) in [5.74, 6) is 2.61. The predicted octanol–water partition coefficient (Wildman–Crippen LogP) is 3.29. The molecule has 1 fully saturated rings. The van der Waals surface area contributed by atoms with Gasteiger partial charge in [0.05, 0.1) is 13.7 Å². The second-order valence-corrected chi connectivity index (χ2v) is 6.06. The lowest BCUT2D eigenvalue weighted by molar-refractivity contribution is 0.0599. The summed E-state index contributed by atoms with van der Waals surface area (Å²) in [5.41, 5.74) is 0.523. The molecule has 1 aromatic rings. The van der Waals surface area contributed by atoms with Gasteiger partial charge in [0, 0.05) is 6.04 Å². The molecular weight excluding hydrogens is 254 g/mol. The number of aryl methyl sites for hydroxylation is 1. The number of carbonyl (C=O) groups is 1. The van der Waals surface area contributed by atoms with Gasteiger partial charge >= 0.3 is 5.97 Å². The van der Waals surface area contributed by atoms with Crippen LogP contribution in [0.2, 0.25) is 0 Å². The number of furan rings is 1. The fourth-order valence-electron chi connectivity index (χ4n) is 3.14. The molecule has 20 heavy (non-hydrogen) atoms. The van der Waals surface area contributed by atoms with E-state index < -0.39 is 0 Å². The molecule has 1 aliphatic rings. The minimum absolute atomic E-state index is 0.336. The quantitative estimate of drug-likeness (QED) is 0.859. The zero-order valence-electron chi connectivity index (χ0n) is 12.9. The Hall–Kier alpha value is -1.29. The van der Waals surface area contributed by atoms with Crippen molar-refractivity contribution in [3.8, 4) is 0 Å². The highest BCUT2D eigenvalue weighted by Crippen LogP contribution is 2.29. The molecule has 0 bridgehead atoms. The van der Waals surface area contributed by atoms with Crippen molar-refractivity contribution in [3.63, 3.8) is 0 Å². The molecular formula is C16H25NO3. The number of carbonyl (C=O) groups excluding carboxylic acids is 1. The summed E-state index contributed by atoms with van der Waals surface area (Å²) in [5, 5.41) is 3.56. The van der Waals surface area contributed by atoms with E-state index in [4.69, 9.17) is 9.15 Å². The number of esters is 1. The zero-order valence-corrected chi connectivity index (χ0v) is 12.9. The first-order valence-corrected chi connectivity index (χ1v) is 7.42. The topological polar surface area (TPSA) is 51.5 Å². The fourth-order valence-corrected chi connectivity index (χ4v) is 3.14. The van der Waals surface area contributed by atoms with Crippen LogP contribution in [0.1, 0.15) is 55.0 Å². The first kappa shape index (κ1) is 15.1. The van der Waals surface area contributed by atoms with Crippen molar-refractivity contribution >= 4 is 5.97 Å². The molecule has 112 valence electrons. The largest absolute Gasteiger partial charge is 0.465 e. The maximum Gasteiger partial charge on any atom is 0.341 e. The summed E-state index contributed by atoms with van der Waals surface area (Å²) in [6.07, 6.45) is 3.78. The first-order valence-electron chi connectivity index (χ1n) is 7.42. The average Bonchev–Trinajstić information content (AvgIpc) is 2.78. The lowest BCUT2D eigenvalue weighted by Crippen LogP contribution is -2.38. The Kier molecular flexibility index (Phi) is 4.86. The molecule has 1 heterocycles. The van der Waals surface area contributed by atoms with Crippen LogP contribution in [-0.2, 0) is 11.3 Å². The lowest BCUT2D eigenvalue weighted by atomic mass is 9.80. The van der Waals surface area contributed by atoms with Crippen LogP contribution in [0.4, 0.5) is 0 Å². The molecule has 0 radical (unpaired) electrons. The van der Waals surface area contributed by atoms with E-state index in [1.54, 1.807) is 13.0 Å². The van der Waals surface area contributed by atoms with Gasteiger partial charge in [-0.1, -0.05) is 13.8 Å². The highest BCUT2D eigenvalue weighted by Gasteiger charge is 2.25. The van der Waals surface area contributed by atoms with E-state index in [1.165, 1.54) is 26.4 Å². The molecule has 0 spiro atoms. The van der Waals surface area contributed by atoms with Gasteiger partial charge in [-0.05, 0) is 44.1 Å². The van der Waals surface area contributed by atoms with E-state index in [0.717, 1.165) is 11.7 Å². The van der Waals surface area contributed by atoms with Gasteiger partial charge in [-0.3, -0.25) is 0 Å². The average molecular weight is 279 g/mol. The molecule has 1 aromatic heterocycles. The Morgan fingerprint density at radius 3 is 2.85 bits per heavy atom. The summed E-state index contributed by atoms with van der Waals surface area (Å²) in [6, 6.07) is 2.32. The van der Waals surface area contributed by atoms with Crippen molar-refractivity contribution in [1.82, 2.24) is 5.32 Å². The van der Waals surface area contributed by atoms with Gasteiger partial charge in [0.15, 0.2) is 0 Å². The summed E-state index contributed by atoms with van der Waals surface area (Å²) >= 11 is 0. The van der Waals surface area contributed by atoms with Crippen LogP contribution in [-0.4, -0.2) is 19.1 Å². The van der Waals surface area contributed by atoms with Gasteiger partial charge < -0.3 is 14.5 Å². The number of ether oxygens (including phenoxy) is 1. The van der Waals surface area contributed by atoms with E-state index in [0.29, 0.717) is 29.8 Å². The monoisotopic (exact) mass is 279 g/mol. The number of nitrogens with one attached hydrogen (secondary N) is 1. The van der Waals surface area contributed by atoms with Crippen LogP contribution in [0.5, 0.6) is 0 Å². The predicted molar refractivity (Wildman–Crippen MR) is 77.6 cm³/mol. The molecule has 4 nitrogen and oxygen atoms in total. The van der Waals surface area contributed by atoms with E-state index >= 15 is 0 Å². The van der Waals surface area contributed by atoms with Gasteiger partial charge in [0.2, 0.25) is 0 Å². The van der Waals surface area contributed by atoms with E-state index in [9.17, 15) is 4.79 Å². The third-order valence-corrected chi connectivity index (χ3v) is 4.34. The maximum atomic E-state index is 11.5. The number of hydrogen-bond donors (Lipinski definition) is 1. The van der Waals surface area contributed by atoms with Crippen molar-refractivity contribution < 1.29 is 13.9 Å². The van der Waals surface area contributed by atoms with Gasteiger partial charge in [-0.2, -0.15) is 0 Å². The Labute approximate surface area is 120 Å². The number of rotatable bonds is 4. The van der Waals surface area contributed by atoms with Crippen LogP contribution in [0.25, 0.3) is 0 Å². The second kappa shape index (κ2) is 6.44. The number of hydrogen-bond acceptors (Lipinski definition) is 4. The van der Waals surface area contributed by atoms with E-state index in [-0.39, 0.29) is 5.97 Å². The molecule has 1 N–H and O–H groups in total. The molecule has 1 saturated carbocycles. The highest BCUT2D eigenvalue weighted by atomic mass is 16.5. The zero-order chi connectivity index (χ0) is 14.7. The molecule has 3 unspecified atom stereocenters. The molecule has 3 atom stereocenters.